The molecule has 86 valence electrons. The minimum Gasteiger partial charge on any atom is -0.372 e. The van der Waals surface area contributed by atoms with E-state index in [2.05, 4.69) is 30.8 Å². The molecule has 0 saturated carbocycles. The molecule has 0 aliphatic carbocycles. The highest BCUT2D eigenvalue weighted by Crippen LogP contribution is 2.05. The smallest absolute Gasteiger partial charge is 0.276 e. The first-order chi connectivity index (χ1) is 8.29. The fraction of sp³-hybridized carbons (Fsp3) is 0.100. The molecule has 0 aliphatic heterocycles. The Morgan fingerprint density at radius 1 is 1.18 bits per heavy atom. The number of aromatic nitrogens is 4. The monoisotopic (exact) mass is 230 g/mol. The lowest BCUT2D eigenvalue weighted by Gasteiger charge is -2.03. The largest absolute Gasteiger partial charge is 0.372 e. The molecule has 2 heterocycles. The summed E-state index contributed by atoms with van der Waals surface area (Å²) in [4.78, 5) is 19.3. The molecule has 2 N–H and O–H groups in total. The third-order valence-corrected chi connectivity index (χ3v) is 1.97. The Balaban J connectivity index is 2.09. The molecule has 0 unspecified atom stereocenters. The standard InChI is InChI=1S/C10H10N6O/c1-11-9-3-2-8(15-16-9)10(17)14-7-4-12-6-13-5-7/h2-6H,1H3,(H,11,16)(H,14,17). The molecule has 17 heavy (non-hydrogen) atoms. The summed E-state index contributed by atoms with van der Waals surface area (Å²) in [6.45, 7) is 0. The van der Waals surface area contributed by atoms with Gasteiger partial charge in [-0.25, -0.2) is 9.97 Å². The summed E-state index contributed by atoms with van der Waals surface area (Å²) in [7, 11) is 1.73. The van der Waals surface area contributed by atoms with Gasteiger partial charge in [-0.3, -0.25) is 4.79 Å². The van der Waals surface area contributed by atoms with Crippen LogP contribution >= 0.6 is 0 Å². The van der Waals surface area contributed by atoms with Crippen molar-refractivity contribution in [1.29, 1.82) is 0 Å². The molecule has 0 bridgehead atoms. The van der Waals surface area contributed by atoms with Gasteiger partial charge in [0.15, 0.2) is 5.69 Å². The van der Waals surface area contributed by atoms with Crippen LogP contribution in [0.2, 0.25) is 0 Å². The van der Waals surface area contributed by atoms with Crippen molar-refractivity contribution in [2.24, 2.45) is 0 Å². The van der Waals surface area contributed by atoms with Gasteiger partial charge in [-0.05, 0) is 12.1 Å². The fourth-order valence-electron chi connectivity index (χ4n) is 1.15. The molecule has 0 aliphatic rings. The number of hydrogen-bond donors (Lipinski definition) is 2. The maximum atomic E-state index is 11.7. The number of amides is 1. The lowest BCUT2D eigenvalue weighted by molar-refractivity contribution is 0.102. The summed E-state index contributed by atoms with van der Waals surface area (Å²) in [5, 5.41) is 13.0. The first kappa shape index (κ1) is 10.9. The van der Waals surface area contributed by atoms with E-state index in [4.69, 9.17) is 0 Å². The highest BCUT2D eigenvalue weighted by atomic mass is 16.1. The minimum absolute atomic E-state index is 0.229. The Morgan fingerprint density at radius 3 is 2.53 bits per heavy atom. The normalized spacial score (nSPS) is 9.71. The Labute approximate surface area is 97.3 Å². The van der Waals surface area contributed by atoms with Crippen LogP contribution in [0.4, 0.5) is 11.5 Å². The van der Waals surface area contributed by atoms with Gasteiger partial charge in [-0.15, -0.1) is 10.2 Å². The summed E-state index contributed by atoms with van der Waals surface area (Å²) in [5.74, 6) is 0.250. The molecule has 0 spiro atoms. The van der Waals surface area contributed by atoms with Gasteiger partial charge < -0.3 is 10.6 Å². The van der Waals surface area contributed by atoms with Gasteiger partial charge >= 0.3 is 0 Å². The highest BCUT2D eigenvalue weighted by molar-refractivity contribution is 6.02. The maximum Gasteiger partial charge on any atom is 0.276 e. The van der Waals surface area contributed by atoms with Gasteiger partial charge in [0, 0.05) is 7.05 Å². The molecule has 7 nitrogen and oxygen atoms in total. The minimum atomic E-state index is -0.352. The number of carbonyl (C=O) groups excluding carboxylic acids is 1. The first-order valence-electron chi connectivity index (χ1n) is 4.87. The van der Waals surface area contributed by atoms with E-state index in [9.17, 15) is 4.79 Å². The van der Waals surface area contributed by atoms with E-state index in [0.29, 0.717) is 11.5 Å². The molecular weight excluding hydrogens is 220 g/mol. The number of nitrogens with zero attached hydrogens (tertiary/aromatic N) is 4. The Bertz CT molecular complexity index is 498. The number of anilines is 2. The molecule has 7 heteroatoms. The third kappa shape index (κ3) is 2.71. The Kier molecular flexibility index (Phi) is 3.20. The first-order valence-corrected chi connectivity index (χ1v) is 4.87. The number of carbonyl (C=O) groups is 1. The molecule has 1 amide bonds. The van der Waals surface area contributed by atoms with Gasteiger partial charge in [0.2, 0.25) is 0 Å². The SMILES string of the molecule is CNc1ccc(C(=O)Nc2cncnc2)nn1. The Hall–Kier alpha value is -2.57. The molecule has 2 aromatic heterocycles. The van der Waals surface area contributed by atoms with E-state index in [0.717, 1.165) is 0 Å². The van der Waals surface area contributed by atoms with Crippen molar-refractivity contribution < 1.29 is 4.79 Å². The average Bonchev–Trinajstić information content (AvgIpc) is 2.40. The van der Waals surface area contributed by atoms with Crippen molar-refractivity contribution in [3.63, 3.8) is 0 Å². The summed E-state index contributed by atoms with van der Waals surface area (Å²) in [5.41, 5.74) is 0.741. The van der Waals surface area contributed by atoms with Crippen LogP contribution in [0.15, 0.2) is 30.9 Å². The van der Waals surface area contributed by atoms with Gasteiger partial charge in [0.05, 0.1) is 18.1 Å². The van der Waals surface area contributed by atoms with E-state index in [1.807, 2.05) is 0 Å². The molecule has 0 atom stereocenters. The van der Waals surface area contributed by atoms with Crippen molar-refractivity contribution in [2.45, 2.75) is 0 Å². The molecule has 0 saturated heterocycles. The zero-order valence-corrected chi connectivity index (χ0v) is 9.08. The summed E-state index contributed by atoms with van der Waals surface area (Å²) >= 11 is 0. The van der Waals surface area contributed by atoms with Gasteiger partial charge in [0.25, 0.3) is 5.91 Å². The van der Waals surface area contributed by atoms with E-state index >= 15 is 0 Å². The summed E-state index contributed by atoms with van der Waals surface area (Å²) < 4.78 is 0. The van der Waals surface area contributed by atoms with Crippen LogP contribution in [0.3, 0.4) is 0 Å². The quantitative estimate of drug-likeness (QED) is 0.800. The number of nitrogens with one attached hydrogen (secondary N) is 2. The van der Waals surface area contributed by atoms with Crippen LogP contribution in [0.5, 0.6) is 0 Å². The summed E-state index contributed by atoms with van der Waals surface area (Å²) in [6, 6.07) is 3.25. The molecular formula is C10H10N6O. The van der Waals surface area contributed by atoms with Crippen LogP contribution < -0.4 is 10.6 Å². The predicted octanol–water partition coefficient (Wildman–Crippen LogP) is 0.561. The second-order valence-electron chi connectivity index (χ2n) is 3.14. The molecule has 2 rings (SSSR count). The zero-order chi connectivity index (χ0) is 12.1. The van der Waals surface area contributed by atoms with E-state index in [1.165, 1.54) is 18.7 Å². The van der Waals surface area contributed by atoms with Gasteiger partial charge in [-0.1, -0.05) is 0 Å². The molecule has 2 aromatic rings. The molecule has 0 radical (unpaired) electrons. The predicted molar refractivity (Wildman–Crippen MR) is 61.6 cm³/mol. The van der Waals surface area contributed by atoms with Crippen molar-refractivity contribution in [3.8, 4) is 0 Å². The van der Waals surface area contributed by atoms with Crippen LogP contribution in [0.25, 0.3) is 0 Å². The molecule has 0 fully saturated rings. The van der Waals surface area contributed by atoms with Crippen LogP contribution in [0, 0.1) is 0 Å². The maximum absolute atomic E-state index is 11.7. The molecule has 0 aromatic carbocycles. The fourth-order valence-corrected chi connectivity index (χ4v) is 1.15. The Morgan fingerprint density at radius 2 is 1.94 bits per heavy atom. The van der Waals surface area contributed by atoms with E-state index in [1.54, 1.807) is 19.2 Å². The van der Waals surface area contributed by atoms with Crippen LogP contribution in [0.1, 0.15) is 10.5 Å². The number of rotatable bonds is 3. The second-order valence-corrected chi connectivity index (χ2v) is 3.14. The van der Waals surface area contributed by atoms with E-state index < -0.39 is 0 Å². The average molecular weight is 230 g/mol. The van der Waals surface area contributed by atoms with Crippen molar-refractivity contribution in [1.82, 2.24) is 20.2 Å². The topological polar surface area (TPSA) is 92.7 Å². The van der Waals surface area contributed by atoms with E-state index in [-0.39, 0.29) is 11.6 Å². The second kappa shape index (κ2) is 4.97. The highest BCUT2D eigenvalue weighted by Gasteiger charge is 2.08. The van der Waals surface area contributed by atoms with Crippen molar-refractivity contribution >= 4 is 17.4 Å². The van der Waals surface area contributed by atoms with Crippen molar-refractivity contribution in [2.75, 3.05) is 17.7 Å². The number of hydrogen-bond acceptors (Lipinski definition) is 6. The zero-order valence-electron chi connectivity index (χ0n) is 9.08. The third-order valence-electron chi connectivity index (χ3n) is 1.97. The lowest BCUT2D eigenvalue weighted by Crippen LogP contribution is -2.14. The van der Waals surface area contributed by atoms with Crippen LogP contribution in [-0.4, -0.2) is 33.1 Å². The summed E-state index contributed by atoms with van der Waals surface area (Å²) in [6.07, 6.45) is 4.39. The van der Waals surface area contributed by atoms with Gasteiger partial charge in [0.1, 0.15) is 12.1 Å². The van der Waals surface area contributed by atoms with Gasteiger partial charge in [-0.2, -0.15) is 0 Å². The lowest BCUT2D eigenvalue weighted by atomic mass is 10.3. The van der Waals surface area contributed by atoms with Crippen LogP contribution in [-0.2, 0) is 0 Å². The van der Waals surface area contributed by atoms with Crippen molar-refractivity contribution in [3.05, 3.63) is 36.5 Å².